The topological polar surface area (TPSA) is 69.6 Å². The third-order valence-electron chi connectivity index (χ3n) is 4.82. The summed E-state index contributed by atoms with van der Waals surface area (Å²) in [7, 11) is 1.58. The van der Waals surface area contributed by atoms with Crippen LogP contribution in [0.25, 0.3) is 0 Å². The zero-order chi connectivity index (χ0) is 21.6. The highest BCUT2D eigenvalue weighted by Gasteiger charge is 2.33. The lowest BCUT2D eigenvalue weighted by atomic mass is 9.99. The fourth-order valence-corrected chi connectivity index (χ4v) is 3.96. The second-order valence-electron chi connectivity index (χ2n) is 6.91. The molecule has 0 bridgehead atoms. The number of amides is 1. The van der Waals surface area contributed by atoms with Gasteiger partial charge in [-0.15, -0.1) is 11.3 Å². The van der Waals surface area contributed by atoms with Crippen molar-refractivity contribution in [1.82, 2.24) is 20.5 Å². The van der Waals surface area contributed by atoms with Gasteiger partial charge in [0.25, 0.3) is 0 Å². The third-order valence-corrected chi connectivity index (χ3v) is 5.66. The highest BCUT2D eigenvalue weighted by Crippen LogP contribution is 2.29. The van der Waals surface area contributed by atoms with Gasteiger partial charge < -0.3 is 15.5 Å². The molecule has 1 aromatic heterocycles. The Morgan fingerprint density at radius 2 is 2.03 bits per heavy atom. The van der Waals surface area contributed by atoms with Crippen LogP contribution in [0.3, 0.4) is 0 Å². The molecule has 0 fully saturated rings. The monoisotopic (exact) mass is 439 g/mol. The van der Waals surface area contributed by atoms with Gasteiger partial charge in [-0.25, -0.2) is 4.98 Å². The van der Waals surface area contributed by atoms with Crippen molar-refractivity contribution in [1.29, 1.82) is 0 Å². The number of fused-ring (bicyclic) bond motifs is 1. The molecule has 2 heterocycles. The molecule has 0 unspecified atom stereocenters. The zero-order valence-electron chi connectivity index (χ0n) is 16.6. The molecule has 2 N–H and O–H groups in total. The molecule has 0 saturated carbocycles. The largest absolute Gasteiger partial charge is 0.434 e. The predicted molar refractivity (Wildman–Crippen MR) is 110 cm³/mol. The highest BCUT2D eigenvalue weighted by atomic mass is 32.1. The fraction of sp³-hybridized carbons (Fsp3) is 0.450. The molecule has 0 aliphatic carbocycles. The maximum absolute atomic E-state index is 12.6. The van der Waals surface area contributed by atoms with Crippen LogP contribution in [-0.4, -0.2) is 41.9 Å². The average molecular weight is 440 g/mol. The van der Waals surface area contributed by atoms with Crippen LogP contribution in [0.1, 0.15) is 34.7 Å². The molecule has 0 spiro atoms. The van der Waals surface area contributed by atoms with E-state index >= 15 is 0 Å². The van der Waals surface area contributed by atoms with E-state index in [0.29, 0.717) is 36.9 Å². The van der Waals surface area contributed by atoms with Gasteiger partial charge in [0, 0.05) is 38.5 Å². The molecule has 1 aliphatic heterocycles. The summed E-state index contributed by atoms with van der Waals surface area (Å²) in [6, 6.07) is 8.18. The van der Waals surface area contributed by atoms with Gasteiger partial charge in [0.1, 0.15) is 5.01 Å². The Morgan fingerprint density at radius 1 is 1.27 bits per heavy atom. The van der Waals surface area contributed by atoms with E-state index in [1.54, 1.807) is 7.05 Å². The first-order chi connectivity index (χ1) is 14.4. The number of nitrogens with one attached hydrogen (secondary N) is 2. The normalized spacial score (nSPS) is 14.4. The molecule has 162 valence electrons. The van der Waals surface area contributed by atoms with Gasteiger partial charge in [-0.3, -0.25) is 9.79 Å². The molecule has 1 aliphatic rings. The molecule has 1 aromatic carbocycles. The molecule has 6 nitrogen and oxygen atoms in total. The fourth-order valence-electron chi connectivity index (χ4n) is 3.22. The Morgan fingerprint density at radius 3 is 2.73 bits per heavy atom. The van der Waals surface area contributed by atoms with Crippen molar-refractivity contribution in [3.8, 4) is 0 Å². The summed E-state index contributed by atoms with van der Waals surface area (Å²) in [6.07, 6.45) is -2.50. The molecule has 0 saturated heterocycles. The molecule has 30 heavy (non-hydrogen) atoms. The second kappa shape index (κ2) is 9.92. The van der Waals surface area contributed by atoms with E-state index in [-0.39, 0.29) is 12.5 Å². The van der Waals surface area contributed by atoms with Gasteiger partial charge in [0.2, 0.25) is 5.91 Å². The maximum Gasteiger partial charge on any atom is 0.434 e. The van der Waals surface area contributed by atoms with E-state index < -0.39 is 11.9 Å². The maximum atomic E-state index is 12.6. The number of rotatable bonds is 6. The van der Waals surface area contributed by atoms with Crippen molar-refractivity contribution < 1.29 is 18.0 Å². The van der Waals surface area contributed by atoms with Crippen molar-refractivity contribution in [2.24, 2.45) is 4.99 Å². The summed E-state index contributed by atoms with van der Waals surface area (Å²) < 4.78 is 37.8. The quantitative estimate of drug-likeness (QED) is 0.412. The van der Waals surface area contributed by atoms with E-state index in [1.165, 1.54) is 11.1 Å². The van der Waals surface area contributed by atoms with Crippen LogP contribution in [0.15, 0.2) is 34.6 Å². The average Bonchev–Trinajstić information content (AvgIpc) is 3.22. The second-order valence-corrected chi connectivity index (χ2v) is 7.86. The number of guanidine groups is 1. The number of carbonyl (C=O) groups is 1. The van der Waals surface area contributed by atoms with Crippen molar-refractivity contribution in [3.63, 3.8) is 0 Å². The van der Waals surface area contributed by atoms with E-state index in [9.17, 15) is 18.0 Å². The Kier molecular flexibility index (Phi) is 7.30. The molecule has 2 aromatic rings. The number of nitrogens with zero attached hydrogens (tertiary/aromatic N) is 3. The smallest absolute Gasteiger partial charge is 0.356 e. The van der Waals surface area contributed by atoms with Gasteiger partial charge in [0.15, 0.2) is 11.7 Å². The summed E-state index contributed by atoms with van der Waals surface area (Å²) in [6.45, 7) is 2.06. The summed E-state index contributed by atoms with van der Waals surface area (Å²) in [5, 5.41) is 7.33. The van der Waals surface area contributed by atoms with Crippen LogP contribution >= 0.6 is 11.3 Å². The van der Waals surface area contributed by atoms with Gasteiger partial charge in [0.05, 0.1) is 6.54 Å². The lowest BCUT2D eigenvalue weighted by Crippen LogP contribution is -2.38. The molecule has 1 amide bonds. The van der Waals surface area contributed by atoms with E-state index in [1.807, 2.05) is 17.0 Å². The van der Waals surface area contributed by atoms with Gasteiger partial charge >= 0.3 is 6.18 Å². The number of alkyl halides is 3. The van der Waals surface area contributed by atoms with Gasteiger partial charge in [-0.2, -0.15) is 13.2 Å². The molecule has 0 atom stereocenters. The van der Waals surface area contributed by atoms with Crippen LogP contribution < -0.4 is 10.6 Å². The molecular weight excluding hydrogens is 415 g/mol. The van der Waals surface area contributed by atoms with E-state index in [4.69, 9.17) is 0 Å². The van der Waals surface area contributed by atoms with Crippen molar-refractivity contribution >= 4 is 23.2 Å². The van der Waals surface area contributed by atoms with E-state index in [2.05, 4.69) is 32.7 Å². The zero-order valence-corrected chi connectivity index (χ0v) is 17.4. The first kappa shape index (κ1) is 22.1. The number of carbonyl (C=O) groups excluding carboxylic acids is 1. The minimum Gasteiger partial charge on any atom is -0.356 e. The van der Waals surface area contributed by atoms with Crippen LogP contribution in [0.4, 0.5) is 13.2 Å². The van der Waals surface area contributed by atoms with Crippen LogP contribution in [0.5, 0.6) is 0 Å². The minimum absolute atomic E-state index is 0.122. The standard InChI is InChI=1S/C20H24F3N5OS/c1-24-19(26-11-17-27-16(13-30-17)20(21,22)23)25-9-4-7-18(29)28-10-8-14-5-2-3-6-15(14)12-28/h2-3,5-6,13H,4,7-12H2,1H3,(H2,24,25,26). The van der Waals surface area contributed by atoms with E-state index in [0.717, 1.165) is 29.7 Å². The van der Waals surface area contributed by atoms with Crippen LogP contribution in [0.2, 0.25) is 0 Å². The summed E-state index contributed by atoms with van der Waals surface area (Å²) >= 11 is 0.946. The van der Waals surface area contributed by atoms with Gasteiger partial charge in [-0.05, 0) is 24.0 Å². The number of thiazole rings is 1. The Hall–Kier alpha value is -2.62. The summed E-state index contributed by atoms with van der Waals surface area (Å²) in [4.78, 5) is 22.0. The van der Waals surface area contributed by atoms with Crippen LogP contribution in [-0.2, 0) is 30.5 Å². The molecule has 10 heteroatoms. The molecular formula is C20H24F3N5OS. The van der Waals surface area contributed by atoms with Crippen molar-refractivity contribution in [2.75, 3.05) is 20.1 Å². The lowest BCUT2D eigenvalue weighted by Gasteiger charge is -2.29. The number of benzene rings is 1. The Labute approximate surface area is 177 Å². The summed E-state index contributed by atoms with van der Waals surface area (Å²) in [5.74, 6) is 0.579. The summed E-state index contributed by atoms with van der Waals surface area (Å²) in [5.41, 5.74) is 1.63. The number of aromatic nitrogens is 1. The number of aliphatic imine (C=N–C) groups is 1. The molecule has 3 rings (SSSR count). The number of hydrogen-bond donors (Lipinski definition) is 2. The molecule has 0 radical (unpaired) electrons. The van der Waals surface area contributed by atoms with Crippen LogP contribution in [0, 0.1) is 0 Å². The Balaban J connectivity index is 1.37. The number of hydrogen-bond acceptors (Lipinski definition) is 4. The first-order valence-corrected chi connectivity index (χ1v) is 10.6. The predicted octanol–water partition coefficient (Wildman–Crippen LogP) is 3.19. The Bertz CT molecular complexity index is 897. The minimum atomic E-state index is -4.43. The first-order valence-electron chi connectivity index (χ1n) is 9.67. The van der Waals surface area contributed by atoms with Crippen molar-refractivity contribution in [2.45, 2.75) is 38.5 Å². The van der Waals surface area contributed by atoms with Gasteiger partial charge in [-0.1, -0.05) is 24.3 Å². The highest BCUT2D eigenvalue weighted by molar-refractivity contribution is 7.09. The SMILES string of the molecule is CN=C(NCCCC(=O)N1CCc2ccccc2C1)NCc1nc(C(F)(F)F)cs1. The number of halogens is 3. The third kappa shape index (κ3) is 5.94. The van der Waals surface area contributed by atoms with Crippen molar-refractivity contribution in [3.05, 3.63) is 51.5 Å². The lowest BCUT2D eigenvalue weighted by molar-refractivity contribution is -0.140.